The molecule has 1 amide bonds. The largest absolute Gasteiger partial charge is 0.454 e. The highest BCUT2D eigenvalue weighted by atomic mass is 79.9. The fourth-order valence-corrected chi connectivity index (χ4v) is 2.38. The second-order valence-corrected chi connectivity index (χ2v) is 5.17. The number of aryl methyl sites for hydroxylation is 1. The lowest BCUT2D eigenvalue weighted by Gasteiger charge is -1.98. The van der Waals surface area contributed by atoms with Crippen LogP contribution in [0.15, 0.2) is 34.0 Å². The molecule has 21 heavy (non-hydrogen) atoms. The van der Waals surface area contributed by atoms with E-state index >= 15 is 0 Å². The standard InChI is InChI=1S/C13H11BrN4O3/c1-18-6-9(14)12(17-18)13(19)16-15-5-8-2-3-10-11(4-8)21-7-20-10/h2-6H,7H2,1H3,(H,16,19)/b15-5+. The van der Waals surface area contributed by atoms with Gasteiger partial charge < -0.3 is 9.47 Å². The van der Waals surface area contributed by atoms with Crippen molar-refractivity contribution in [3.63, 3.8) is 0 Å². The molecule has 0 spiro atoms. The van der Waals surface area contributed by atoms with E-state index in [1.165, 1.54) is 6.21 Å². The Morgan fingerprint density at radius 3 is 3.05 bits per heavy atom. The van der Waals surface area contributed by atoms with E-state index in [4.69, 9.17) is 9.47 Å². The van der Waals surface area contributed by atoms with Gasteiger partial charge in [-0.15, -0.1) is 0 Å². The van der Waals surface area contributed by atoms with Crippen molar-refractivity contribution in [3.05, 3.63) is 40.1 Å². The molecule has 1 aliphatic rings. The van der Waals surface area contributed by atoms with Gasteiger partial charge in [0.2, 0.25) is 6.79 Å². The number of aromatic nitrogens is 2. The summed E-state index contributed by atoms with van der Waals surface area (Å²) in [6.45, 7) is 0.223. The Bertz CT molecular complexity index is 726. The Balaban J connectivity index is 1.67. The fraction of sp³-hybridized carbons (Fsp3) is 0.154. The number of carbonyl (C=O) groups excluding carboxylic acids is 1. The molecule has 3 rings (SSSR count). The fourth-order valence-electron chi connectivity index (χ4n) is 1.83. The van der Waals surface area contributed by atoms with Gasteiger partial charge in [0, 0.05) is 13.2 Å². The van der Waals surface area contributed by atoms with Gasteiger partial charge in [0.15, 0.2) is 17.2 Å². The van der Waals surface area contributed by atoms with Crippen LogP contribution in [0, 0.1) is 0 Å². The maximum absolute atomic E-state index is 11.9. The maximum Gasteiger partial charge on any atom is 0.293 e. The predicted molar refractivity (Wildman–Crippen MR) is 78.5 cm³/mol. The number of halogens is 1. The Morgan fingerprint density at radius 2 is 2.29 bits per heavy atom. The van der Waals surface area contributed by atoms with E-state index in [1.54, 1.807) is 30.1 Å². The van der Waals surface area contributed by atoms with Crippen molar-refractivity contribution in [3.8, 4) is 11.5 Å². The number of carbonyl (C=O) groups is 1. The molecule has 0 unspecified atom stereocenters. The number of amides is 1. The molecule has 1 aliphatic heterocycles. The molecule has 1 aromatic heterocycles. The van der Waals surface area contributed by atoms with Gasteiger partial charge in [0.25, 0.3) is 5.91 Å². The van der Waals surface area contributed by atoms with Crippen LogP contribution < -0.4 is 14.9 Å². The first-order valence-corrected chi connectivity index (χ1v) is 6.85. The minimum Gasteiger partial charge on any atom is -0.454 e. The number of nitrogens with zero attached hydrogens (tertiary/aromatic N) is 3. The molecule has 0 saturated heterocycles. The van der Waals surface area contributed by atoms with Crippen molar-refractivity contribution < 1.29 is 14.3 Å². The number of ether oxygens (including phenoxy) is 2. The van der Waals surface area contributed by atoms with Crippen molar-refractivity contribution in [2.24, 2.45) is 12.1 Å². The lowest BCUT2D eigenvalue weighted by Crippen LogP contribution is -2.18. The van der Waals surface area contributed by atoms with Crippen molar-refractivity contribution in [2.45, 2.75) is 0 Å². The number of fused-ring (bicyclic) bond motifs is 1. The second-order valence-electron chi connectivity index (χ2n) is 4.31. The summed E-state index contributed by atoms with van der Waals surface area (Å²) in [7, 11) is 1.73. The molecule has 1 N–H and O–H groups in total. The summed E-state index contributed by atoms with van der Waals surface area (Å²) in [6.07, 6.45) is 3.22. The van der Waals surface area contributed by atoms with E-state index in [0.717, 1.165) is 5.56 Å². The lowest BCUT2D eigenvalue weighted by atomic mass is 10.2. The molecule has 0 atom stereocenters. The normalized spacial score (nSPS) is 12.9. The Kier molecular flexibility index (Phi) is 3.61. The van der Waals surface area contributed by atoms with Gasteiger partial charge in [-0.1, -0.05) is 0 Å². The van der Waals surface area contributed by atoms with Gasteiger partial charge in [-0.05, 0) is 39.7 Å². The third-order valence-electron chi connectivity index (χ3n) is 2.78. The van der Waals surface area contributed by atoms with Crippen LogP contribution in [0.3, 0.4) is 0 Å². The third-order valence-corrected chi connectivity index (χ3v) is 3.36. The first kappa shape index (κ1) is 13.6. The van der Waals surface area contributed by atoms with E-state index in [1.807, 2.05) is 6.07 Å². The highest BCUT2D eigenvalue weighted by Crippen LogP contribution is 2.31. The second kappa shape index (κ2) is 5.57. The quantitative estimate of drug-likeness (QED) is 0.674. The lowest BCUT2D eigenvalue weighted by molar-refractivity contribution is 0.0948. The van der Waals surface area contributed by atoms with E-state index in [0.29, 0.717) is 16.0 Å². The molecule has 0 aliphatic carbocycles. The zero-order valence-electron chi connectivity index (χ0n) is 11.0. The van der Waals surface area contributed by atoms with E-state index < -0.39 is 0 Å². The topological polar surface area (TPSA) is 77.7 Å². The van der Waals surface area contributed by atoms with E-state index in [9.17, 15) is 4.79 Å². The molecule has 2 aromatic rings. The number of nitrogens with one attached hydrogen (secondary N) is 1. The van der Waals surface area contributed by atoms with Crippen molar-refractivity contribution in [1.82, 2.24) is 15.2 Å². The summed E-state index contributed by atoms with van der Waals surface area (Å²) >= 11 is 3.26. The summed E-state index contributed by atoms with van der Waals surface area (Å²) < 4.78 is 12.6. The molecule has 0 saturated carbocycles. The molecule has 7 nitrogen and oxygen atoms in total. The van der Waals surface area contributed by atoms with Gasteiger partial charge in [0.1, 0.15) is 0 Å². The van der Waals surface area contributed by atoms with Crippen LogP contribution in [0.1, 0.15) is 16.1 Å². The molecule has 108 valence electrons. The SMILES string of the molecule is Cn1cc(Br)c(C(=O)N/N=C/c2ccc3c(c2)OCO3)n1. The molecule has 8 heteroatoms. The summed E-state index contributed by atoms with van der Waals surface area (Å²) in [5.41, 5.74) is 3.49. The third kappa shape index (κ3) is 2.89. The summed E-state index contributed by atoms with van der Waals surface area (Å²) in [4.78, 5) is 11.9. The van der Waals surface area contributed by atoms with Crippen LogP contribution in [0.25, 0.3) is 0 Å². The molecule has 0 fully saturated rings. The molecule has 2 heterocycles. The van der Waals surface area contributed by atoms with E-state index in [2.05, 4.69) is 31.6 Å². The van der Waals surface area contributed by atoms with Crippen LogP contribution in [0.4, 0.5) is 0 Å². The van der Waals surface area contributed by atoms with Gasteiger partial charge in [0.05, 0.1) is 10.7 Å². The van der Waals surface area contributed by atoms with Crippen LogP contribution in [0.2, 0.25) is 0 Å². The zero-order chi connectivity index (χ0) is 14.8. The molecular formula is C13H11BrN4O3. The van der Waals surface area contributed by atoms with Crippen LogP contribution in [-0.2, 0) is 7.05 Å². The van der Waals surface area contributed by atoms with Crippen molar-refractivity contribution >= 4 is 28.1 Å². The molecular weight excluding hydrogens is 340 g/mol. The van der Waals surface area contributed by atoms with Crippen molar-refractivity contribution in [1.29, 1.82) is 0 Å². The maximum atomic E-state index is 11.9. The summed E-state index contributed by atoms with van der Waals surface area (Å²) in [5.74, 6) is 0.978. The Labute approximate surface area is 128 Å². The highest BCUT2D eigenvalue weighted by molar-refractivity contribution is 9.10. The first-order chi connectivity index (χ1) is 10.1. The smallest absolute Gasteiger partial charge is 0.293 e. The van der Waals surface area contributed by atoms with Crippen molar-refractivity contribution in [2.75, 3.05) is 6.79 Å². The number of rotatable bonds is 3. The average molecular weight is 351 g/mol. The van der Waals surface area contributed by atoms with Gasteiger partial charge >= 0.3 is 0 Å². The minimum atomic E-state index is -0.389. The zero-order valence-corrected chi connectivity index (χ0v) is 12.6. The highest BCUT2D eigenvalue weighted by Gasteiger charge is 2.14. The molecule has 0 bridgehead atoms. The monoisotopic (exact) mass is 350 g/mol. The Hall–Kier alpha value is -2.35. The average Bonchev–Trinajstić information content (AvgIpc) is 3.04. The van der Waals surface area contributed by atoms with Crippen LogP contribution >= 0.6 is 15.9 Å². The number of hydrazone groups is 1. The van der Waals surface area contributed by atoms with Gasteiger partial charge in [-0.25, -0.2) is 5.43 Å². The molecule has 0 radical (unpaired) electrons. The number of benzene rings is 1. The van der Waals surface area contributed by atoms with Gasteiger partial charge in [-0.3, -0.25) is 9.48 Å². The molecule has 1 aromatic carbocycles. The predicted octanol–water partition coefficient (Wildman–Crippen LogP) is 1.68. The number of hydrogen-bond donors (Lipinski definition) is 1. The van der Waals surface area contributed by atoms with Crippen LogP contribution in [-0.4, -0.2) is 28.7 Å². The summed E-state index contributed by atoms with van der Waals surface area (Å²) in [5, 5.41) is 7.93. The number of hydrogen-bond acceptors (Lipinski definition) is 5. The summed E-state index contributed by atoms with van der Waals surface area (Å²) in [6, 6.07) is 5.40. The van der Waals surface area contributed by atoms with E-state index in [-0.39, 0.29) is 18.4 Å². The first-order valence-electron chi connectivity index (χ1n) is 6.05. The Morgan fingerprint density at radius 1 is 1.48 bits per heavy atom. The minimum absolute atomic E-state index is 0.223. The van der Waals surface area contributed by atoms with Gasteiger partial charge in [-0.2, -0.15) is 10.2 Å². The van der Waals surface area contributed by atoms with Crippen LogP contribution in [0.5, 0.6) is 11.5 Å².